The van der Waals surface area contributed by atoms with Crippen molar-refractivity contribution in [3.8, 4) is 5.75 Å². The lowest BCUT2D eigenvalue weighted by Gasteiger charge is -2.10. The summed E-state index contributed by atoms with van der Waals surface area (Å²) < 4.78 is 5.63. The van der Waals surface area contributed by atoms with Gasteiger partial charge in [0, 0.05) is 5.56 Å². The monoisotopic (exact) mass is 276 g/mol. The fraction of sp³-hybridized carbons (Fsp3) is 0.0714. The maximum Gasteiger partial charge on any atom is 0.171 e. The molecular weight excluding hydrogens is 264 g/mol. The second-order valence-corrected chi connectivity index (χ2v) is 4.26. The summed E-state index contributed by atoms with van der Waals surface area (Å²) in [6.07, 6.45) is 0. The highest BCUT2D eigenvalue weighted by atomic mass is 35.5. The third kappa shape index (κ3) is 3.17. The number of hydrogen-bond acceptors (Lipinski definition) is 3. The highest BCUT2D eigenvalue weighted by molar-refractivity contribution is 6.35. The van der Waals surface area contributed by atoms with Gasteiger partial charge in [-0.1, -0.05) is 53.2 Å². The fourth-order valence-corrected chi connectivity index (χ4v) is 1.89. The highest BCUT2D eigenvalue weighted by Gasteiger charge is 2.10. The van der Waals surface area contributed by atoms with Crippen LogP contribution in [0, 0.1) is 0 Å². The predicted molar refractivity (Wildman–Crippen MR) is 74.7 cm³/mol. The summed E-state index contributed by atoms with van der Waals surface area (Å²) in [4.78, 5) is 0. The van der Waals surface area contributed by atoms with E-state index in [-0.39, 0.29) is 5.84 Å². The molecule has 0 unspecified atom stereocenters. The molecule has 2 aromatic carbocycles. The van der Waals surface area contributed by atoms with Crippen LogP contribution in [0.2, 0.25) is 5.02 Å². The van der Waals surface area contributed by atoms with Crippen LogP contribution in [0.3, 0.4) is 0 Å². The summed E-state index contributed by atoms with van der Waals surface area (Å²) in [6, 6.07) is 14.9. The van der Waals surface area contributed by atoms with Gasteiger partial charge in [-0.15, -0.1) is 0 Å². The zero-order valence-electron chi connectivity index (χ0n) is 10.1. The first-order valence-corrected chi connectivity index (χ1v) is 6.03. The van der Waals surface area contributed by atoms with Crippen molar-refractivity contribution >= 4 is 17.4 Å². The number of amidine groups is 1. The largest absolute Gasteiger partial charge is 0.487 e. The van der Waals surface area contributed by atoms with E-state index in [0.717, 1.165) is 5.56 Å². The van der Waals surface area contributed by atoms with Gasteiger partial charge >= 0.3 is 0 Å². The SMILES string of the molecule is NC(=NO)c1cccc(OCc2ccccc2)c1Cl. The minimum absolute atomic E-state index is 0.0461. The summed E-state index contributed by atoms with van der Waals surface area (Å²) in [5.74, 6) is 0.449. The topological polar surface area (TPSA) is 67.8 Å². The molecule has 98 valence electrons. The molecule has 0 atom stereocenters. The van der Waals surface area contributed by atoms with Crippen molar-refractivity contribution in [3.63, 3.8) is 0 Å². The van der Waals surface area contributed by atoms with E-state index in [0.29, 0.717) is 22.9 Å². The minimum Gasteiger partial charge on any atom is -0.487 e. The molecule has 0 aromatic heterocycles. The van der Waals surface area contributed by atoms with E-state index in [1.54, 1.807) is 18.2 Å². The molecule has 0 aliphatic carbocycles. The Labute approximate surface area is 116 Å². The molecule has 0 aliphatic rings. The van der Waals surface area contributed by atoms with Gasteiger partial charge < -0.3 is 15.7 Å². The zero-order chi connectivity index (χ0) is 13.7. The van der Waals surface area contributed by atoms with Crippen molar-refractivity contribution in [2.24, 2.45) is 10.9 Å². The van der Waals surface area contributed by atoms with E-state index in [1.165, 1.54) is 0 Å². The average Bonchev–Trinajstić information content (AvgIpc) is 2.46. The molecule has 0 saturated carbocycles. The van der Waals surface area contributed by atoms with Gasteiger partial charge in [-0.2, -0.15) is 0 Å². The van der Waals surface area contributed by atoms with Gasteiger partial charge in [0.05, 0.1) is 5.02 Å². The predicted octanol–water partition coefficient (Wildman–Crippen LogP) is 3.01. The van der Waals surface area contributed by atoms with Gasteiger partial charge in [-0.25, -0.2) is 0 Å². The van der Waals surface area contributed by atoms with Crippen LogP contribution in [-0.2, 0) is 6.61 Å². The summed E-state index contributed by atoms with van der Waals surface area (Å²) in [5, 5.41) is 11.9. The van der Waals surface area contributed by atoms with Gasteiger partial charge in [0.1, 0.15) is 12.4 Å². The van der Waals surface area contributed by atoms with E-state index in [2.05, 4.69) is 5.16 Å². The molecule has 0 aliphatic heterocycles. The Morgan fingerprint density at radius 1 is 1.16 bits per heavy atom. The molecule has 0 heterocycles. The molecule has 0 fully saturated rings. The molecule has 0 amide bonds. The minimum atomic E-state index is -0.0461. The van der Waals surface area contributed by atoms with Crippen LogP contribution in [0.15, 0.2) is 53.7 Å². The quantitative estimate of drug-likeness (QED) is 0.390. The molecule has 0 saturated heterocycles. The van der Waals surface area contributed by atoms with Crippen molar-refractivity contribution in [2.45, 2.75) is 6.61 Å². The van der Waals surface area contributed by atoms with Crippen LogP contribution in [-0.4, -0.2) is 11.0 Å². The average molecular weight is 277 g/mol. The number of oxime groups is 1. The van der Waals surface area contributed by atoms with Crippen molar-refractivity contribution in [3.05, 3.63) is 64.7 Å². The lowest BCUT2D eigenvalue weighted by molar-refractivity contribution is 0.306. The molecule has 0 spiro atoms. The van der Waals surface area contributed by atoms with Crippen LogP contribution < -0.4 is 10.5 Å². The molecule has 5 heteroatoms. The van der Waals surface area contributed by atoms with Crippen LogP contribution in [0.4, 0.5) is 0 Å². The molecule has 2 rings (SSSR count). The van der Waals surface area contributed by atoms with Crippen LogP contribution in [0.1, 0.15) is 11.1 Å². The van der Waals surface area contributed by atoms with E-state index in [9.17, 15) is 0 Å². The Morgan fingerprint density at radius 3 is 2.58 bits per heavy atom. The molecule has 2 aromatic rings. The Bertz CT molecular complexity index is 585. The van der Waals surface area contributed by atoms with Crippen molar-refractivity contribution < 1.29 is 9.94 Å². The number of benzene rings is 2. The molecule has 0 radical (unpaired) electrons. The first kappa shape index (κ1) is 13.2. The second kappa shape index (κ2) is 6.11. The molecule has 3 N–H and O–H groups in total. The lowest BCUT2D eigenvalue weighted by atomic mass is 10.2. The van der Waals surface area contributed by atoms with Crippen molar-refractivity contribution in [2.75, 3.05) is 0 Å². The summed E-state index contributed by atoms with van der Waals surface area (Å²) >= 11 is 6.15. The first-order chi connectivity index (χ1) is 9.22. The van der Waals surface area contributed by atoms with Crippen LogP contribution in [0.5, 0.6) is 5.75 Å². The van der Waals surface area contributed by atoms with Crippen LogP contribution in [0.25, 0.3) is 0 Å². The Morgan fingerprint density at radius 2 is 1.89 bits per heavy atom. The Balaban J connectivity index is 2.17. The first-order valence-electron chi connectivity index (χ1n) is 5.65. The number of nitrogens with two attached hydrogens (primary N) is 1. The molecular formula is C14H13ClN2O2. The van der Waals surface area contributed by atoms with Crippen molar-refractivity contribution in [1.82, 2.24) is 0 Å². The number of nitrogens with zero attached hydrogens (tertiary/aromatic N) is 1. The second-order valence-electron chi connectivity index (χ2n) is 3.88. The van der Waals surface area contributed by atoms with E-state index >= 15 is 0 Å². The molecule has 19 heavy (non-hydrogen) atoms. The zero-order valence-corrected chi connectivity index (χ0v) is 10.8. The Kier molecular flexibility index (Phi) is 4.26. The third-order valence-corrected chi connectivity index (χ3v) is 2.97. The van der Waals surface area contributed by atoms with Gasteiger partial charge in [0.25, 0.3) is 0 Å². The molecule has 4 nitrogen and oxygen atoms in total. The van der Waals surface area contributed by atoms with E-state index in [1.807, 2.05) is 30.3 Å². The maximum atomic E-state index is 8.67. The Hall–Kier alpha value is -2.20. The number of rotatable bonds is 4. The molecule has 0 bridgehead atoms. The standard InChI is InChI=1S/C14H13ClN2O2/c15-13-11(14(16)17-18)7-4-8-12(13)19-9-10-5-2-1-3-6-10/h1-8,18H,9H2,(H2,16,17). The number of hydrogen-bond donors (Lipinski definition) is 2. The summed E-state index contributed by atoms with van der Waals surface area (Å²) in [6.45, 7) is 0.403. The van der Waals surface area contributed by atoms with Crippen molar-refractivity contribution in [1.29, 1.82) is 0 Å². The van der Waals surface area contributed by atoms with Gasteiger partial charge in [-0.3, -0.25) is 0 Å². The smallest absolute Gasteiger partial charge is 0.171 e. The normalized spacial score (nSPS) is 11.3. The summed E-state index contributed by atoms with van der Waals surface area (Å²) in [7, 11) is 0. The highest BCUT2D eigenvalue weighted by Crippen LogP contribution is 2.28. The van der Waals surface area contributed by atoms with Gasteiger partial charge in [0.15, 0.2) is 5.84 Å². The van der Waals surface area contributed by atoms with Gasteiger partial charge in [-0.05, 0) is 17.7 Å². The number of ether oxygens (including phenoxy) is 1. The van der Waals surface area contributed by atoms with Crippen LogP contribution >= 0.6 is 11.6 Å². The van der Waals surface area contributed by atoms with E-state index in [4.69, 9.17) is 27.3 Å². The lowest BCUT2D eigenvalue weighted by Crippen LogP contribution is -2.14. The summed E-state index contributed by atoms with van der Waals surface area (Å²) in [5.41, 5.74) is 7.01. The fourth-order valence-electron chi connectivity index (χ4n) is 1.61. The van der Waals surface area contributed by atoms with E-state index < -0.39 is 0 Å². The maximum absolute atomic E-state index is 8.67. The van der Waals surface area contributed by atoms with Gasteiger partial charge in [0.2, 0.25) is 0 Å². The third-order valence-electron chi connectivity index (χ3n) is 2.58. The number of halogens is 1.